The molecule has 4 heteroatoms. The molecule has 6 rings (SSSR count). The second kappa shape index (κ2) is 10.2. The fourth-order valence-electron chi connectivity index (χ4n) is 4.38. The lowest BCUT2D eigenvalue weighted by molar-refractivity contribution is 1.07. The van der Waals surface area contributed by atoms with Gasteiger partial charge in [0.05, 0.1) is 0 Å². The molecule has 5 aromatic carbocycles. The number of halogens is 1. The molecule has 0 bridgehead atoms. The summed E-state index contributed by atoms with van der Waals surface area (Å²) in [6, 6.07) is 44.7. The van der Waals surface area contributed by atoms with Crippen molar-refractivity contribution in [3.63, 3.8) is 0 Å². The fraction of sp³-hybridized carbons (Fsp3) is 0. The zero-order valence-corrected chi connectivity index (χ0v) is 20.7. The molecule has 1 heterocycles. The van der Waals surface area contributed by atoms with E-state index >= 15 is 0 Å². The highest BCUT2D eigenvalue weighted by atomic mass is 35.5. The van der Waals surface area contributed by atoms with Crippen LogP contribution in [0.5, 0.6) is 0 Å². The molecule has 176 valence electrons. The third kappa shape index (κ3) is 4.90. The normalized spacial score (nSPS) is 10.8. The van der Waals surface area contributed by atoms with Gasteiger partial charge in [-0.1, -0.05) is 133 Å². The maximum absolute atomic E-state index is 6.28. The summed E-state index contributed by atoms with van der Waals surface area (Å²) in [6.45, 7) is 0. The van der Waals surface area contributed by atoms with Crippen molar-refractivity contribution in [1.29, 1.82) is 0 Å². The van der Waals surface area contributed by atoms with Gasteiger partial charge in [0, 0.05) is 21.7 Å². The Labute approximate surface area is 221 Å². The Bertz CT molecular complexity index is 1610. The van der Waals surface area contributed by atoms with Gasteiger partial charge in [0.1, 0.15) is 0 Å². The molecule has 0 amide bonds. The Kier molecular flexibility index (Phi) is 6.28. The van der Waals surface area contributed by atoms with Crippen molar-refractivity contribution >= 4 is 11.6 Å². The van der Waals surface area contributed by atoms with Gasteiger partial charge in [-0.3, -0.25) is 0 Å². The standard InChI is InChI=1S/C33H22ClN3/c34-28-15-9-14-27(22-28)30-17-8-7-16-29(30)23-18-20-26(21-19-23)33-36-31(24-10-3-1-4-11-24)35-32(37-33)25-12-5-2-6-13-25/h1-22H. The van der Waals surface area contributed by atoms with Gasteiger partial charge in [0.2, 0.25) is 0 Å². The number of nitrogens with zero attached hydrogens (tertiary/aromatic N) is 3. The van der Waals surface area contributed by atoms with E-state index in [0.717, 1.165) is 44.0 Å². The van der Waals surface area contributed by atoms with Crippen LogP contribution in [-0.2, 0) is 0 Å². The van der Waals surface area contributed by atoms with Crippen LogP contribution in [0.15, 0.2) is 133 Å². The van der Waals surface area contributed by atoms with Crippen LogP contribution >= 0.6 is 11.6 Å². The molecule has 3 nitrogen and oxygen atoms in total. The molecule has 0 aliphatic heterocycles. The van der Waals surface area contributed by atoms with Crippen LogP contribution in [0.25, 0.3) is 56.4 Å². The van der Waals surface area contributed by atoms with Crippen LogP contribution in [0, 0.1) is 0 Å². The van der Waals surface area contributed by atoms with E-state index in [4.69, 9.17) is 26.6 Å². The molecule has 0 saturated heterocycles. The largest absolute Gasteiger partial charge is 0.208 e. The molecule has 0 spiro atoms. The molecule has 0 N–H and O–H groups in total. The van der Waals surface area contributed by atoms with E-state index in [1.807, 2.05) is 78.9 Å². The minimum absolute atomic E-state index is 0.641. The first-order chi connectivity index (χ1) is 18.2. The molecular formula is C33H22ClN3. The Morgan fingerprint density at radius 3 is 1.27 bits per heavy atom. The van der Waals surface area contributed by atoms with Gasteiger partial charge in [-0.15, -0.1) is 0 Å². The predicted octanol–water partition coefficient (Wildman–Crippen LogP) is 8.86. The Morgan fingerprint density at radius 1 is 0.351 bits per heavy atom. The second-order valence-electron chi connectivity index (χ2n) is 8.67. The number of hydrogen-bond acceptors (Lipinski definition) is 3. The third-order valence-electron chi connectivity index (χ3n) is 6.22. The quantitative estimate of drug-likeness (QED) is 0.240. The Hall–Kier alpha value is -4.60. The number of hydrogen-bond donors (Lipinski definition) is 0. The van der Waals surface area contributed by atoms with Gasteiger partial charge >= 0.3 is 0 Å². The average molecular weight is 496 g/mol. The first-order valence-corrected chi connectivity index (χ1v) is 12.5. The molecule has 0 saturated carbocycles. The zero-order valence-electron chi connectivity index (χ0n) is 19.9. The van der Waals surface area contributed by atoms with Gasteiger partial charge in [0.15, 0.2) is 17.5 Å². The predicted molar refractivity (Wildman–Crippen MR) is 152 cm³/mol. The summed E-state index contributed by atoms with van der Waals surface area (Å²) in [6.07, 6.45) is 0. The van der Waals surface area contributed by atoms with E-state index in [9.17, 15) is 0 Å². The zero-order chi connectivity index (χ0) is 25.0. The molecule has 0 aliphatic rings. The summed E-state index contributed by atoms with van der Waals surface area (Å²) in [5.41, 5.74) is 7.31. The van der Waals surface area contributed by atoms with E-state index in [1.54, 1.807) is 0 Å². The Balaban J connectivity index is 1.42. The molecule has 37 heavy (non-hydrogen) atoms. The van der Waals surface area contributed by atoms with Crippen LogP contribution in [-0.4, -0.2) is 15.0 Å². The lowest BCUT2D eigenvalue weighted by Crippen LogP contribution is -2.00. The van der Waals surface area contributed by atoms with Gasteiger partial charge in [-0.25, -0.2) is 15.0 Å². The van der Waals surface area contributed by atoms with Crippen molar-refractivity contribution in [1.82, 2.24) is 15.0 Å². The lowest BCUT2D eigenvalue weighted by atomic mass is 9.94. The monoisotopic (exact) mass is 495 g/mol. The van der Waals surface area contributed by atoms with Crippen molar-refractivity contribution < 1.29 is 0 Å². The number of rotatable bonds is 5. The SMILES string of the molecule is Clc1cccc(-c2ccccc2-c2ccc(-c3nc(-c4ccccc4)nc(-c4ccccc4)n3)cc2)c1. The maximum Gasteiger partial charge on any atom is 0.164 e. The first-order valence-electron chi connectivity index (χ1n) is 12.1. The average Bonchev–Trinajstić information content (AvgIpc) is 2.98. The Morgan fingerprint density at radius 2 is 0.757 bits per heavy atom. The van der Waals surface area contributed by atoms with Crippen molar-refractivity contribution in [2.45, 2.75) is 0 Å². The molecule has 0 unspecified atom stereocenters. The first kappa shape index (κ1) is 22.8. The summed E-state index contributed by atoms with van der Waals surface area (Å²) >= 11 is 6.28. The fourth-order valence-corrected chi connectivity index (χ4v) is 4.57. The van der Waals surface area contributed by atoms with Crippen molar-refractivity contribution in [2.75, 3.05) is 0 Å². The topological polar surface area (TPSA) is 38.7 Å². The van der Waals surface area contributed by atoms with Crippen molar-refractivity contribution in [2.24, 2.45) is 0 Å². The molecule has 0 radical (unpaired) electrons. The smallest absolute Gasteiger partial charge is 0.164 e. The summed E-state index contributed by atoms with van der Waals surface area (Å²) < 4.78 is 0. The van der Waals surface area contributed by atoms with Crippen LogP contribution < -0.4 is 0 Å². The highest BCUT2D eigenvalue weighted by Gasteiger charge is 2.13. The van der Waals surface area contributed by atoms with Crippen LogP contribution in [0.4, 0.5) is 0 Å². The van der Waals surface area contributed by atoms with Crippen molar-refractivity contribution in [3.05, 3.63) is 138 Å². The van der Waals surface area contributed by atoms with E-state index in [1.165, 1.54) is 0 Å². The molecule has 6 aromatic rings. The minimum atomic E-state index is 0.641. The van der Waals surface area contributed by atoms with Crippen LogP contribution in [0.3, 0.4) is 0 Å². The molecular weight excluding hydrogens is 474 g/mol. The second-order valence-corrected chi connectivity index (χ2v) is 9.11. The molecule has 0 atom stereocenters. The molecule has 0 fully saturated rings. The third-order valence-corrected chi connectivity index (χ3v) is 6.45. The molecule has 1 aromatic heterocycles. The number of benzene rings is 5. The van der Waals surface area contributed by atoms with Gasteiger partial charge in [-0.05, 0) is 34.4 Å². The van der Waals surface area contributed by atoms with Gasteiger partial charge in [-0.2, -0.15) is 0 Å². The summed E-state index contributed by atoms with van der Waals surface area (Å²) in [4.78, 5) is 14.5. The number of aromatic nitrogens is 3. The van der Waals surface area contributed by atoms with Crippen molar-refractivity contribution in [3.8, 4) is 56.4 Å². The van der Waals surface area contributed by atoms with Gasteiger partial charge < -0.3 is 0 Å². The highest BCUT2D eigenvalue weighted by molar-refractivity contribution is 6.30. The van der Waals surface area contributed by atoms with Gasteiger partial charge in [0.25, 0.3) is 0 Å². The maximum atomic E-state index is 6.28. The van der Waals surface area contributed by atoms with E-state index in [2.05, 4.69) is 54.6 Å². The van der Waals surface area contributed by atoms with Crippen LogP contribution in [0.1, 0.15) is 0 Å². The summed E-state index contributed by atoms with van der Waals surface area (Å²) in [5, 5.41) is 0.723. The van der Waals surface area contributed by atoms with E-state index in [-0.39, 0.29) is 0 Å². The summed E-state index contributed by atoms with van der Waals surface area (Å²) in [7, 11) is 0. The minimum Gasteiger partial charge on any atom is -0.208 e. The lowest BCUT2D eigenvalue weighted by Gasteiger charge is -2.12. The van der Waals surface area contributed by atoms with Crippen LogP contribution in [0.2, 0.25) is 5.02 Å². The van der Waals surface area contributed by atoms with E-state index in [0.29, 0.717) is 17.5 Å². The summed E-state index contributed by atoms with van der Waals surface area (Å²) in [5.74, 6) is 1.95. The molecule has 0 aliphatic carbocycles. The highest BCUT2D eigenvalue weighted by Crippen LogP contribution is 2.34. The van der Waals surface area contributed by atoms with E-state index < -0.39 is 0 Å².